The van der Waals surface area contributed by atoms with Gasteiger partial charge >= 0.3 is 18.1 Å². The lowest BCUT2D eigenvalue weighted by Gasteiger charge is -2.26. The van der Waals surface area contributed by atoms with Crippen molar-refractivity contribution in [2.45, 2.75) is 191 Å². The summed E-state index contributed by atoms with van der Waals surface area (Å²) in [5, 5.41) is 74.8. The fourth-order valence-corrected chi connectivity index (χ4v) is 10.4. The molecule has 0 bridgehead atoms. The second kappa shape index (κ2) is 34.9. The van der Waals surface area contributed by atoms with Crippen molar-refractivity contribution in [3.63, 3.8) is 0 Å². The SMILES string of the molecule is CC1=C(C)[NH+]([O-])N(C)[NH+]1[O-].CC1=C(C)[NH+]([O-])N[NH+]1[O-].CC1C(=O)N(C)N(C)C1C.CC1C(C)N(C)C(=O)N1C.CC1C(C)N(C)SN1C.CC1NC(=O)N(C)C1C.CC1NC(=O)N(C)C1C.CC1NSN(C)C1C.CON1[NH+]([O-])C(C)=C(C)[NH+]1[O-]. The third-order valence-electron chi connectivity index (χ3n) is 17.9. The predicted molar refractivity (Wildman–Crippen MR) is 330 cm³/mol. The lowest BCUT2D eigenvalue weighted by molar-refractivity contribution is -1.20. The molecule has 7 amide bonds. The number of amides is 7. The van der Waals surface area contributed by atoms with Crippen LogP contribution in [0.15, 0.2) is 34.2 Å². The predicted octanol–water partition coefficient (Wildman–Crippen LogP) is -3.08. The lowest BCUT2D eigenvalue weighted by Crippen LogP contribution is -3.29. The molecule has 10 N–H and O–H groups in total. The van der Waals surface area contributed by atoms with Gasteiger partial charge in [0.1, 0.15) is 0 Å². The highest BCUT2D eigenvalue weighted by Gasteiger charge is 2.38. The summed E-state index contributed by atoms with van der Waals surface area (Å²) in [6.07, 6.45) is 0. The van der Waals surface area contributed by atoms with Crippen LogP contribution in [0.3, 0.4) is 0 Å². The monoisotopic (exact) mass is 1260 g/mol. The number of hydrazine groups is 1. The topological polar surface area (TPSA) is 326 Å². The van der Waals surface area contributed by atoms with Crippen molar-refractivity contribution >= 4 is 48.3 Å². The van der Waals surface area contributed by atoms with Gasteiger partial charge in [-0.3, -0.25) is 9.80 Å². The third kappa shape index (κ3) is 20.4. The summed E-state index contributed by atoms with van der Waals surface area (Å²) in [7, 11) is 20.2. The fraction of sp³-hybridized carbons (Fsp3) is 0.804. The Morgan fingerprint density at radius 3 is 0.894 bits per heavy atom. The first-order valence-electron chi connectivity index (χ1n) is 28.5. The normalized spacial score (nSPS) is 36.0. The number of hydrogen-bond acceptors (Lipinski definition) is 21. The van der Waals surface area contributed by atoms with E-state index in [0.717, 1.165) is 10.4 Å². The van der Waals surface area contributed by atoms with Crippen LogP contribution in [0.2, 0.25) is 0 Å². The number of quaternary nitrogens is 6. The summed E-state index contributed by atoms with van der Waals surface area (Å²) in [5.74, 6) is 0.366. The number of urea groups is 3. The molecular formula is C51H109N21O11S2. The van der Waals surface area contributed by atoms with E-state index in [0.29, 0.717) is 101 Å². The molecule has 0 radical (unpaired) electrons. The van der Waals surface area contributed by atoms with Crippen molar-refractivity contribution in [1.82, 2.24) is 73.8 Å². The Morgan fingerprint density at radius 2 is 0.788 bits per heavy atom. The largest absolute Gasteiger partial charge is 0.604 e. The number of carbonyl (C=O) groups excluding carboxylic acids is 4. The van der Waals surface area contributed by atoms with Crippen LogP contribution in [-0.4, -0.2) is 221 Å². The Morgan fingerprint density at radius 1 is 0.435 bits per heavy atom. The Bertz CT molecular complexity index is 2100. The standard InChI is InChI=1S/2C7H14N2O.2C6H12N2O.C6H14N2S.C5H11N3O3.C5H11N3O2.C5H12N2S.C4H9N3O2/c1-5-6(2)9(4)7(10)8(5)3;1-5-6(2)8(3)9(4)7(5)10;2*1-4-5(2)8(3)6(9)7-4;1-5-6(2)8(4)9-7(5)3;1-4-5(2)7(10)8(11-3)6(4)9;1-4-5(2)8(10)6(3)7(4)9;1-4-5(2)7(3)8-6-4;1-3-4(2)7(9)5-6(3)8/h2*5-6H,1-4H3;2*4-5H,1-3H3,(H,7,9);5-6H,1-4H3;6-7H,1-3H3;7-8H,1-3H3;4-6H,1-3H3;5-7H,1-2H3. The van der Waals surface area contributed by atoms with E-state index < -0.39 is 0 Å². The van der Waals surface area contributed by atoms with Crippen LogP contribution in [0.1, 0.15) is 125 Å². The van der Waals surface area contributed by atoms with E-state index in [1.165, 1.54) is 14.2 Å². The fourth-order valence-electron chi connectivity index (χ4n) is 8.43. The second-order valence-corrected chi connectivity index (χ2v) is 25.2. The summed E-state index contributed by atoms with van der Waals surface area (Å²) in [4.78, 5) is 55.5. The molecule has 496 valence electrons. The average molecular weight is 1260 g/mol. The molecule has 0 spiro atoms. The van der Waals surface area contributed by atoms with Gasteiger partial charge in [0.25, 0.3) is 0 Å². The van der Waals surface area contributed by atoms with Crippen LogP contribution < -0.4 is 51.9 Å². The van der Waals surface area contributed by atoms with E-state index in [9.17, 15) is 50.4 Å². The molecule has 32 nitrogen and oxygen atoms in total. The molecule has 9 heterocycles. The maximum absolute atomic E-state index is 11.2. The van der Waals surface area contributed by atoms with Gasteiger partial charge in [-0.05, 0) is 103 Å². The van der Waals surface area contributed by atoms with Crippen molar-refractivity contribution in [2.75, 3.05) is 77.6 Å². The molecule has 18 atom stereocenters. The summed E-state index contributed by atoms with van der Waals surface area (Å²) in [6, 6.07) is 5.14. The van der Waals surface area contributed by atoms with E-state index in [4.69, 9.17) is 0 Å². The van der Waals surface area contributed by atoms with Gasteiger partial charge in [0.2, 0.25) is 5.91 Å². The molecule has 0 saturated carbocycles. The number of carbonyl (C=O) groups is 4. The van der Waals surface area contributed by atoms with Crippen LogP contribution in [0, 0.1) is 37.2 Å². The quantitative estimate of drug-likeness (QED) is 0.0920. The van der Waals surface area contributed by atoms with Gasteiger partial charge in [-0.2, -0.15) is 10.3 Å². The molecule has 18 unspecified atom stereocenters. The maximum atomic E-state index is 11.2. The molecule has 6 fully saturated rings. The molecule has 0 aromatic carbocycles. The third-order valence-corrected chi connectivity index (χ3v) is 20.1. The van der Waals surface area contributed by atoms with Crippen molar-refractivity contribution in [3.8, 4) is 0 Å². The van der Waals surface area contributed by atoms with Gasteiger partial charge in [-0.15, -0.1) is 0 Å². The minimum Gasteiger partial charge on any atom is -0.604 e. The van der Waals surface area contributed by atoms with Crippen molar-refractivity contribution in [3.05, 3.63) is 65.4 Å². The highest BCUT2D eigenvalue weighted by molar-refractivity contribution is 7.95. The van der Waals surface area contributed by atoms with Gasteiger partial charge < -0.3 is 61.5 Å². The zero-order valence-corrected chi connectivity index (χ0v) is 57.8. The van der Waals surface area contributed by atoms with Crippen LogP contribution >= 0.6 is 24.3 Å². The van der Waals surface area contributed by atoms with E-state index in [1.54, 1.807) is 90.4 Å². The molecule has 0 aromatic rings. The van der Waals surface area contributed by atoms with E-state index in [-0.39, 0.29) is 61.0 Å². The lowest BCUT2D eigenvalue weighted by atomic mass is 10.1. The highest BCUT2D eigenvalue weighted by Crippen LogP contribution is 2.29. The van der Waals surface area contributed by atoms with Crippen LogP contribution in [0.4, 0.5) is 14.4 Å². The number of nitrogens with one attached hydrogen (secondary N) is 10. The molecule has 9 aliphatic heterocycles. The molecule has 6 saturated heterocycles. The van der Waals surface area contributed by atoms with Gasteiger partial charge in [0.05, 0.1) is 44.2 Å². The Balaban J connectivity index is 0.000000479. The Hall–Kier alpha value is -3.64. The molecule has 0 aliphatic carbocycles. The molecule has 34 heteroatoms. The first-order chi connectivity index (χ1) is 39.0. The number of hydroxylamine groups is 6. The van der Waals surface area contributed by atoms with Crippen molar-refractivity contribution < 1.29 is 55.0 Å². The first kappa shape index (κ1) is 79.4. The van der Waals surface area contributed by atoms with Gasteiger partial charge in [0.15, 0.2) is 39.5 Å². The summed E-state index contributed by atoms with van der Waals surface area (Å²) < 4.78 is 10.1. The average Bonchev–Trinajstić information content (AvgIpc) is 4.44. The highest BCUT2D eigenvalue weighted by atomic mass is 32.2. The van der Waals surface area contributed by atoms with Crippen molar-refractivity contribution in [1.29, 1.82) is 0 Å². The minimum absolute atomic E-state index is 0.0370. The van der Waals surface area contributed by atoms with Crippen LogP contribution in [-0.2, 0) is 9.63 Å². The van der Waals surface area contributed by atoms with Crippen molar-refractivity contribution in [2.24, 2.45) is 5.92 Å². The number of likely N-dealkylation sites (N-methyl/N-ethyl adjacent to an activating group) is 7. The minimum atomic E-state index is -0.366. The first-order valence-corrected chi connectivity index (χ1v) is 30.0. The molecule has 85 heavy (non-hydrogen) atoms. The van der Waals surface area contributed by atoms with E-state index in [1.807, 2.05) is 81.9 Å². The second-order valence-electron chi connectivity index (χ2n) is 22.9. The Labute approximate surface area is 515 Å². The van der Waals surface area contributed by atoms with Crippen LogP contribution in [0.25, 0.3) is 0 Å². The van der Waals surface area contributed by atoms with Gasteiger partial charge in [-0.1, -0.05) is 6.92 Å². The van der Waals surface area contributed by atoms with Gasteiger partial charge in [0, 0.05) is 156 Å². The number of allylic oxidation sites excluding steroid dienone is 6. The molecule has 9 aliphatic rings. The Kier molecular flexibility index (Phi) is 32.6. The smallest absolute Gasteiger partial charge is 0.320 e. The maximum Gasteiger partial charge on any atom is 0.320 e. The summed E-state index contributed by atoms with van der Waals surface area (Å²) >= 11 is 3.50. The van der Waals surface area contributed by atoms with E-state index in [2.05, 4.69) is 108 Å². The number of hydrogen-bond donors (Lipinski definition) is 10. The van der Waals surface area contributed by atoms with Gasteiger partial charge in [-0.25, -0.2) is 62.6 Å². The van der Waals surface area contributed by atoms with E-state index >= 15 is 0 Å². The molecule has 9 rings (SSSR count). The number of rotatable bonds is 1. The van der Waals surface area contributed by atoms with Crippen LogP contribution in [0.5, 0.6) is 0 Å². The zero-order valence-electron chi connectivity index (χ0n) is 56.2. The zero-order chi connectivity index (χ0) is 66.5. The summed E-state index contributed by atoms with van der Waals surface area (Å²) in [5.41, 5.74) is 5.26. The summed E-state index contributed by atoms with van der Waals surface area (Å²) in [6.45, 7) is 35.0. The molecular weight excluding hydrogens is 1150 g/mol. The molecule has 0 aromatic heterocycles. The number of nitrogens with zero attached hydrogens (tertiary/aromatic N) is 11.